The van der Waals surface area contributed by atoms with Crippen molar-refractivity contribution >= 4 is 5.91 Å². The van der Waals surface area contributed by atoms with Crippen LogP contribution in [-0.4, -0.2) is 57.3 Å². The van der Waals surface area contributed by atoms with E-state index in [9.17, 15) is 25.2 Å². The maximum absolute atomic E-state index is 12.5. The van der Waals surface area contributed by atoms with E-state index in [1.807, 2.05) is 0 Å². The van der Waals surface area contributed by atoms with Crippen LogP contribution >= 0.6 is 0 Å². The minimum Gasteiger partial charge on any atom is -0.394 e. The molecule has 4 unspecified atom stereocenters. The molecule has 302 valence electrons. The number of rotatable bonds is 40. The Labute approximate surface area is 316 Å². The molecule has 6 heteroatoms. The lowest BCUT2D eigenvalue weighted by molar-refractivity contribution is -0.132. The second kappa shape index (κ2) is 40.0. The van der Waals surface area contributed by atoms with Crippen molar-refractivity contribution in [1.82, 2.24) is 5.32 Å². The predicted octanol–water partition coefficient (Wildman–Crippen LogP) is 11.6. The molecule has 6 nitrogen and oxygen atoms in total. The first-order chi connectivity index (χ1) is 25.0. The summed E-state index contributed by atoms with van der Waals surface area (Å²) in [5, 5.41) is 43.6. The van der Waals surface area contributed by atoms with Crippen LogP contribution in [-0.2, 0) is 4.79 Å². The Bertz CT molecular complexity index is 772. The van der Waals surface area contributed by atoms with E-state index in [-0.39, 0.29) is 0 Å². The SMILES string of the molecule is CCCCCCCCCCCC/C=C/CC/C=C/CCCC(O)C(O)C(CO)NC(=O)C(O)CCCCCCCCCCCCCCCCCC. The molecule has 0 spiro atoms. The van der Waals surface area contributed by atoms with Gasteiger partial charge in [-0.2, -0.15) is 0 Å². The fourth-order valence-electron chi connectivity index (χ4n) is 6.83. The van der Waals surface area contributed by atoms with Crippen LogP contribution in [0.5, 0.6) is 0 Å². The van der Waals surface area contributed by atoms with Crippen LogP contribution in [0.25, 0.3) is 0 Å². The maximum atomic E-state index is 12.5. The summed E-state index contributed by atoms with van der Waals surface area (Å²) in [6.07, 6.45) is 44.9. The highest BCUT2D eigenvalue weighted by molar-refractivity contribution is 5.80. The highest BCUT2D eigenvalue weighted by atomic mass is 16.3. The van der Waals surface area contributed by atoms with E-state index in [0.717, 1.165) is 38.5 Å². The standard InChI is InChI=1S/C45H87NO5/c1-3-5-7-9-11-13-15-17-19-21-22-23-25-26-28-30-32-34-36-38-42(48)44(50)41(40-47)46-45(51)43(49)39-37-35-33-31-29-27-24-20-18-16-14-12-10-8-6-4-2/h23,25,30,32,41-44,47-50H,3-22,24,26-29,31,33-40H2,1-2H3,(H,46,51)/b25-23+,32-30+. The number of hydrogen-bond acceptors (Lipinski definition) is 5. The van der Waals surface area contributed by atoms with Crippen LogP contribution in [0.15, 0.2) is 24.3 Å². The molecule has 0 aliphatic carbocycles. The predicted molar refractivity (Wildman–Crippen MR) is 219 cm³/mol. The van der Waals surface area contributed by atoms with Gasteiger partial charge in [0.1, 0.15) is 12.2 Å². The summed E-state index contributed by atoms with van der Waals surface area (Å²) in [4.78, 5) is 12.5. The van der Waals surface area contributed by atoms with Crippen LogP contribution in [0.4, 0.5) is 0 Å². The van der Waals surface area contributed by atoms with E-state index in [4.69, 9.17) is 0 Å². The average molecular weight is 722 g/mol. The van der Waals surface area contributed by atoms with Gasteiger partial charge in [-0.1, -0.05) is 199 Å². The van der Waals surface area contributed by atoms with Crippen molar-refractivity contribution in [3.05, 3.63) is 24.3 Å². The molecule has 4 atom stereocenters. The van der Waals surface area contributed by atoms with E-state index in [0.29, 0.717) is 19.3 Å². The van der Waals surface area contributed by atoms with Crippen LogP contribution in [0, 0.1) is 0 Å². The molecule has 0 aliphatic rings. The largest absolute Gasteiger partial charge is 0.394 e. The molecule has 0 fully saturated rings. The lowest BCUT2D eigenvalue weighted by Crippen LogP contribution is -2.53. The second-order valence-electron chi connectivity index (χ2n) is 15.4. The van der Waals surface area contributed by atoms with Gasteiger partial charge in [-0.05, 0) is 51.4 Å². The molecule has 5 N–H and O–H groups in total. The number of unbranched alkanes of at least 4 members (excludes halogenated alkanes) is 27. The zero-order valence-electron chi connectivity index (χ0n) is 33.9. The lowest BCUT2D eigenvalue weighted by Gasteiger charge is -2.27. The van der Waals surface area contributed by atoms with Crippen LogP contribution in [0.2, 0.25) is 0 Å². The molecule has 0 bridgehead atoms. The first kappa shape index (κ1) is 49.8. The fourth-order valence-corrected chi connectivity index (χ4v) is 6.83. The number of hydrogen-bond donors (Lipinski definition) is 5. The van der Waals surface area contributed by atoms with E-state index in [1.165, 1.54) is 154 Å². The number of carbonyl (C=O) groups excluding carboxylic acids is 1. The van der Waals surface area contributed by atoms with Crippen molar-refractivity contribution in [3.8, 4) is 0 Å². The minimum atomic E-state index is -1.29. The Kier molecular flexibility index (Phi) is 39.0. The van der Waals surface area contributed by atoms with E-state index in [2.05, 4.69) is 43.5 Å². The maximum Gasteiger partial charge on any atom is 0.249 e. The third-order valence-electron chi connectivity index (χ3n) is 10.4. The van der Waals surface area contributed by atoms with Gasteiger partial charge in [0.25, 0.3) is 0 Å². The summed E-state index contributed by atoms with van der Waals surface area (Å²) >= 11 is 0. The molecule has 0 aromatic carbocycles. The van der Waals surface area contributed by atoms with Crippen molar-refractivity contribution < 1.29 is 25.2 Å². The van der Waals surface area contributed by atoms with Crippen LogP contribution < -0.4 is 5.32 Å². The number of carbonyl (C=O) groups is 1. The lowest BCUT2D eigenvalue weighted by atomic mass is 10.00. The smallest absolute Gasteiger partial charge is 0.249 e. The van der Waals surface area contributed by atoms with Crippen molar-refractivity contribution in [2.75, 3.05) is 6.61 Å². The summed E-state index contributed by atoms with van der Waals surface area (Å²) in [6.45, 7) is 4.04. The van der Waals surface area contributed by atoms with Gasteiger partial charge in [0.15, 0.2) is 0 Å². The van der Waals surface area contributed by atoms with Crippen molar-refractivity contribution in [1.29, 1.82) is 0 Å². The normalized spacial score (nSPS) is 14.4. The zero-order valence-corrected chi connectivity index (χ0v) is 33.9. The number of aliphatic hydroxyl groups is 4. The summed E-state index contributed by atoms with van der Waals surface area (Å²) in [7, 11) is 0. The monoisotopic (exact) mass is 722 g/mol. The quantitative estimate of drug-likeness (QED) is 0.0320. The fraction of sp³-hybridized carbons (Fsp3) is 0.889. The molecule has 1 amide bonds. The summed E-state index contributed by atoms with van der Waals surface area (Å²) in [5.74, 6) is -0.596. The molecule has 0 radical (unpaired) electrons. The van der Waals surface area contributed by atoms with Gasteiger partial charge in [-0.25, -0.2) is 0 Å². The molecule has 0 aromatic rings. The van der Waals surface area contributed by atoms with Gasteiger partial charge in [-0.3, -0.25) is 4.79 Å². The Hall–Kier alpha value is -1.21. The number of aliphatic hydroxyl groups excluding tert-OH is 4. The number of allylic oxidation sites excluding steroid dienone is 4. The Morgan fingerprint density at radius 2 is 0.824 bits per heavy atom. The van der Waals surface area contributed by atoms with Gasteiger partial charge >= 0.3 is 0 Å². The van der Waals surface area contributed by atoms with Crippen molar-refractivity contribution in [2.24, 2.45) is 0 Å². The van der Waals surface area contributed by atoms with E-state index in [1.54, 1.807) is 0 Å². The third-order valence-corrected chi connectivity index (χ3v) is 10.4. The van der Waals surface area contributed by atoms with Gasteiger partial charge in [0, 0.05) is 0 Å². The summed E-state index contributed by atoms with van der Waals surface area (Å²) in [6, 6.07) is -1.00. The summed E-state index contributed by atoms with van der Waals surface area (Å²) in [5.41, 5.74) is 0. The molecule has 51 heavy (non-hydrogen) atoms. The molecular formula is C45H87NO5. The van der Waals surface area contributed by atoms with Gasteiger partial charge in [-0.15, -0.1) is 0 Å². The Morgan fingerprint density at radius 1 is 0.471 bits per heavy atom. The number of amides is 1. The van der Waals surface area contributed by atoms with Crippen molar-refractivity contribution in [3.63, 3.8) is 0 Å². The molecule has 0 saturated carbocycles. The first-order valence-electron chi connectivity index (χ1n) is 22.2. The molecular weight excluding hydrogens is 634 g/mol. The summed E-state index contributed by atoms with van der Waals surface area (Å²) < 4.78 is 0. The Morgan fingerprint density at radius 3 is 1.24 bits per heavy atom. The molecule has 0 aliphatic heterocycles. The topological polar surface area (TPSA) is 110 Å². The first-order valence-corrected chi connectivity index (χ1v) is 22.2. The minimum absolute atomic E-state index is 0.364. The average Bonchev–Trinajstić information content (AvgIpc) is 3.13. The van der Waals surface area contributed by atoms with Gasteiger partial charge < -0.3 is 25.7 Å². The molecule has 0 aromatic heterocycles. The van der Waals surface area contributed by atoms with Crippen molar-refractivity contribution in [2.45, 2.75) is 250 Å². The van der Waals surface area contributed by atoms with E-state index >= 15 is 0 Å². The zero-order chi connectivity index (χ0) is 37.5. The van der Waals surface area contributed by atoms with Gasteiger partial charge in [0.2, 0.25) is 5.91 Å². The number of nitrogens with one attached hydrogen (secondary N) is 1. The molecule has 0 rings (SSSR count). The molecule has 0 heterocycles. The molecule has 0 saturated heterocycles. The highest BCUT2D eigenvalue weighted by Crippen LogP contribution is 2.16. The van der Waals surface area contributed by atoms with Gasteiger partial charge in [0.05, 0.1) is 18.8 Å². The van der Waals surface area contributed by atoms with E-state index < -0.39 is 36.9 Å². The Balaban J connectivity index is 3.79. The van der Waals surface area contributed by atoms with Crippen LogP contribution in [0.1, 0.15) is 226 Å². The van der Waals surface area contributed by atoms with Crippen LogP contribution in [0.3, 0.4) is 0 Å². The second-order valence-corrected chi connectivity index (χ2v) is 15.4. The highest BCUT2D eigenvalue weighted by Gasteiger charge is 2.28. The third kappa shape index (κ3) is 34.3.